The van der Waals surface area contributed by atoms with Crippen molar-refractivity contribution in [1.82, 2.24) is 9.97 Å². The maximum Gasteiger partial charge on any atom is 0.341 e. The third-order valence-electron chi connectivity index (χ3n) is 3.41. The van der Waals surface area contributed by atoms with Gasteiger partial charge in [0.1, 0.15) is 11.4 Å². The number of anilines is 2. The molecule has 3 rings (SSSR count). The van der Waals surface area contributed by atoms with E-state index in [2.05, 4.69) is 15.3 Å². The third-order valence-corrected chi connectivity index (χ3v) is 3.41. The number of ether oxygens (including phenoxy) is 1. The van der Waals surface area contributed by atoms with Crippen molar-refractivity contribution in [3.63, 3.8) is 0 Å². The molecular weight excluding hydrogens is 333 g/mol. The number of nitrogens with zero attached hydrogens (tertiary/aromatic N) is 2. The van der Waals surface area contributed by atoms with Crippen molar-refractivity contribution in [2.24, 2.45) is 0 Å². The molecule has 0 saturated carbocycles. The molecule has 5 nitrogen and oxygen atoms in total. The summed E-state index contributed by atoms with van der Waals surface area (Å²) in [5, 5.41) is 3.58. The second-order valence-corrected chi connectivity index (χ2v) is 4.97. The van der Waals surface area contributed by atoms with Crippen LogP contribution in [0, 0.1) is 12.7 Å². The van der Waals surface area contributed by atoms with Gasteiger partial charge in [-0.15, -0.1) is 12.4 Å². The number of methoxy groups -OCH3 is 1. The van der Waals surface area contributed by atoms with Crippen LogP contribution in [-0.2, 0) is 4.74 Å². The molecule has 24 heavy (non-hydrogen) atoms. The van der Waals surface area contributed by atoms with E-state index in [0.29, 0.717) is 16.7 Å². The van der Waals surface area contributed by atoms with Gasteiger partial charge in [-0.05, 0) is 31.2 Å². The van der Waals surface area contributed by atoms with Crippen LogP contribution < -0.4 is 5.32 Å². The average Bonchev–Trinajstić information content (AvgIpc) is 2.56. The van der Waals surface area contributed by atoms with Crippen molar-refractivity contribution in [3.8, 4) is 0 Å². The van der Waals surface area contributed by atoms with Gasteiger partial charge in [0.15, 0.2) is 5.65 Å². The van der Waals surface area contributed by atoms with Crippen LogP contribution in [0.25, 0.3) is 11.0 Å². The van der Waals surface area contributed by atoms with Crippen molar-refractivity contribution in [1.29, 1.82) is 0 Å². The first-order chi connectivity index (χ1) is 11.1. The molecule has 0 atom stereocenters. The molecule has 0 bridgehead atoms. The van der Waals surface area contributed by atoms with Crippen LogP contribution in [-0.4, -0.2) is 23.0 Å². The van der Waals surface area contributed by atoms with E-state index in [-0.39, 0.29) is 23.7 Å². The SMILES string of the molecule is COC(=O)c1cnc2nc(C)ccc2c1Nc1ccccc1F.Cl. The minimum Gasteiger partial charge on any atom is -0.465 e. The van der Waals surface area contributed by atoms with E-state index in [4.69, 9.17) is 4.74 Å². The van der Waals surface area contributed by atoms with Crippen LogP contribution in [0.1, 0.15) is 16.1 Å². The molecule has 0 aliphatic heterocycles. The van der Waals surface area contributed by atoms with Gasteiger partial charge >= 0.3 is 5.97 Å². The summed E-state index contributed by atoms with van der Waals surface area (Å²) < 4.78 is 18.7. The highest BCUT2D eigenvalue weighted by Crippen LogP contribution is 2.30. The molecular formula is C17H15ClFN3O2. The van der Waals surface area contributed by atoms with Crippen LogP contribution in [0.15, 0.2) is 42.6 Å². The molecule has 3 aromatic rings. The molecule has 1 N–H and O–H groups in total. The number of pyridine rings is 2. The van der Waals surface area contributed by atoms with Crippen LogP contribution >= 0.6 is 12.4 Å². The average molecular weight is 348 g/mol. The number of carbonyl (C=O) groups is 1. The number of hydrogen-bond acceptors (Lipinski definition) is 5. The first kappa shape index (κ1) is 17.6. The molecule has 0 unspecified atom stereocenters. The minimum atomic E-state index is -0.557. The Labute approximate surface area is 144 Å². The molecule has 2 heterocycles. The summed E-state index contributed by atoms with van der Waals surface area (Å²) >= 11 is 0. The maximum absolute atomic E-state index is 13.9. The van der Waals surface area contributed by atoms with Crippen molar-refractivity contribution in [3.05, 3.63) is 59.7 Å². The Morgan fingerprint density at radius 1 is 1.21 bits per heavy atom. The zero-order valence-corrected chi connectivity index (χ0v) is 13.9. The smallest absolute Gasteiger partial charge is 0.341 e. The quantitative estimate of drug-likeness (QED) is 0.725. The van der Waals surface area contributed by atoms with Crippen LogP contribution in [0.3, 0.4) is 0 Å². The topological polar surface area (TPSA) is 64.1 Å². The number of rotatable bonds is 3. The first-order valence-corrected chi connectivity index (χ1v) is 6.96. The van der Waals surface area contributed by atoms with Crippen molar-refractivity contribution >= 4 is 40.8 Å². The number of aryl methyl sites for hydroxylation is 1. The van der Waals surface area contributed by atoms with Gasteiger partial charge in [-0.1, -0.05) is 12.1 Å². The second-order valence-electron chi connectivity index (χ2n) is 4.97. The van der Waals surface area contributed by atoms with E-state index in [1.54, 1.807) is 30.3 Å². The van der Waals surface area contributed by atoms with Crippen LogP contribution in [0.5, 0.6) is 0 Å². The number of para-hydroxylation sites is 1. The van der Waals surface area contributed by atoms with E-state index >= 15 is 0 Å². The summed E-state index contributed by atoms with van der Waals surface area (Å²) in [6, 6.07) is 9.82. The molecule has 0 aliphatic carbocycles. The molecule has 0 amide bonds. The predicted molar refractivity (Wildman–Crippen MR) is 92.5 cm³/mol. The monoisotopic (exact) mass is 347 g/mol. The third kappa shape index (κ3) is 3.28. The Morgan fingerprint density at radius 3 is 2.67 bits per heavy atom. The fourth-order valence-corrected chi connectivity index (χ4v) is 2.27. The lowest BCUT2D eigenvalue weighted by Gasteiger charge is -2.14. The van der Waals surface area contributed by atoms with Crippen molar-refractivity contribution < 1.29 is 13.9 Å². The lowest BCUT2D eigenvalue weighted by Crippen LogP contribution is -2.08. The summed E-state index contributed by atoms with van der Waals surface area (Å²) in [6.45, 7) is 1.85. The lowest BCUT2D eigenvalue weighted by molar-refractivity contribution is 0.0601. The molecule has 0 aliphatic rings. The number of esters is 1. The zero-order valence-electron chi connectivity index (χ0n) is 13.0. The van der Waals surface area contributed by atoms with Gasteiger partial charge in [0.05, 0.1) is 18.5 Å². The number of carbonyl (C=O) groups excluding carboxylic acids is 1. The largest absolute Gasteiger partial charge is 0.465 e. The number of hydrogen-bond donors (Lipinski definition) is 1. The molecule has 7 heteroatoms. The lowest BCUT2D eigenvalue weighted by atomic mass is 10.1. The molecule has 2 aromatic heterocycles. The fourth-order valence-electron chi connectivity index (χ4n) is 2.27. The Kier molecular flexibility index (Phi) is 5.31. The molecule has 0 spiro atoms. The zero-order chi connectivity index (χ0) is 16.4. The summed E-state index contributed by atoms with van der Waals surface area (Å²) in [7, 11) is 1.28. The molecule has 124 valence electrons. The standard InChI is InChI=1S/C17H14FN3O2.ClH/c1-10-7-8-11-15(21-14-6-4-3-5-13(14)18)12(17(22)23-2)9-19-16(11)20-10;/h3-9H,1-2H3,(H,19,20,21);1H. The van der Waals surface area contributed by atoms with Gasteiger partial charge in [0, 0.05) is 17.3 Å². The normalized spacial score (nSPS) is 10.1. The molecule has 0 radical (unpaired) electrons. The summed E-state index contributed by atoms with van der Waals surface area (Å²) in [5.41, 5.74) is 2.16. The van der Waals surface area contributed by atoms with E-state index in [9.17, 15) is 9.18 Å². The second kappa shape index (κ2) is 7.23. The number of fused-ring (bicyclic) bond motifs is 1. The number of halogens is 2. The van der Waals surface area contributed by atoms with Gasteiger partial charge in [-0.3, -0.25) is 0 Å². The highest BCUT2D eigenvalue weighted by atomic mass is 35.5. The predicted octanol–water partition coefficient (Wildman–Crippen LogP) is 4.03. The highest BCUT2D eigenvalue weighted by Gasteiger charge is 2.17. The van der Waals surface area contributed by atoms with Gasteiger partial charge in [0.2, 0.25) is 0 Å². The number of aromatic nitrogens is 2. The highest BCUT2D eigenvalue weighted by molar-refractivity contribution is 6.05. The Bertz CT molecular complexity index is 902. The van der Waals surface area contributed by atoms with E-state index in [1.165, 1.54) is 19.4 Å². The Hall–Kier alpha value is -2.73. The maximum atomic E-state index is 13.9. The van der Waals surface area contributed by atoms with Gasteiger partial charge in [0.25, 0.3) is 0 Å². The van der Waals surface area contributed by atoms with Gasteiger partial charge in [-0.25, -0.2) is 19.2 Å². The van der Waals surface area contributed by atoms with Crippen molar-refractivity contribution in [2.45, 2.75) is 6.92 Å². The molecule has 0 fully saturated rings. The molecule has 1 aromatic carbocycles. The fraction of sp³-hybridized carbons (Fsp3) is 0.118. The summed E-state index contributed by atoms with van der Waals surface area (Å²) in [4.78, 5) is 20.5. The summed E-state index contributed by atoms with van der Waals surface area (Å²) in [5.74, 6) is -0.979. The Balaban J connectivity index is 0.00000208. The van der Waals surface area contributed by atoms with E-state index < -0.39 is 11.8 Å². The van der Waals surface area contributed by atoms with E-state index in [0.717, 1.165) is 5.69 Å². The Morgan fingerprint density at radius 2 is 1.96 bits per heavy atom. The summed E-state index contributed by atoms with van der Waals surface area (Å²) in [6.07, 6.45) is 1.38. The van der Waals surface area contributed by atoms with E-state index in [1.807, 2.05) is 6.92 Å². The van der Waals surface area contributed by atoms with Crippen LogP contribution in [0.4, 0.5) is 15.8 Å². The first-order valence-electron chi connectivity index (χ1n) is 6.96. The van der Waals surface area contributed by atoms with Crippen LogP contribution in [0.2, 0.25) is 0 Å². The van der Waals surface area contributed by atoms with Gasteiger partial charge < -0.3 is 10.1 Å². The minimum absolute atomic E-state index is 0. The molecule has 0 saturated heterocycles. The number of nitrogens with one attached hydrogen (secondary N) is 1. The van der Waals surface area contributed by atoms with Crippen molar-refractivity contribution in [2.75, 3.05) is 12.4 Å². The van der Waals surface area contributed by atoms with Gasteiger partial charge in [-0.2, -0.15) is 0 Å². The number of benzene rings is 1.